The lowest BCUT2D eigenvalue weighted by Crippen LogP contribution is -2.04. The van der Waals surface area contributed by atoms with Crippen LogP contribution in [0.5, 0.6) is 0 Å². The Morgan fingerprint density at radius 2 is 1.95 bits per heavy atom. The Morgan fingerprint density at radius 3 is 2.58 bits per heavy atom. The summed E-state index contributed by atoms with van der Waals surface area (Å²) in [6, 6.07) is 9.94. The average Bonchev–Trinajstić information content (AvgIpc) is 2.32. The molecular weight excluding hydrogens is 379 g/mol. The molecule has 2 aromatic carbocycles. The van der Waals surface area contributed by atoms with Crippen molar-refractivity contribution in [2.24, 2.45) is 0 Å². The molecule has 0 amide bonds. The van der Waals surface area contributed by atoms with Gasteiger partial charge in [-0.3, -0.25) is 0 Å². The highest BCUT2D eigenvalue weighted by molar-refractivity contribution is 14.1. The number of nitrogen functional groups attached to an aromatic ring is 1. The molecule has 0 unspecified atom stereocenters. The molecule has 0 aliphatic heterocycles. The number of hydrogen-bond acceptors (Lipinski definition) is 3. The lowest BCUT2D eigenvalue weighted by molar-refractivity contribution is 0.0698. The highest BCUT2D eigenvalue weighted by atomic mass is 127. The molecule has 2 rings (SSSR count). The SMILES string of the molecule is Nc1ccc(C(=O)O)c(Nc2ccc(Cl)cc2I)c1. The number of rotatable bonds is 3. The van der Waals surface area contributed by atoms with Gasteiger partial charge in [0.05, 0.1) is 16.9 Å². The van der Waals surface area contributed by atoms with Crippen LogP contribution in [0.4, 0.5) is 17.1 Å². The van der Waals surface area contributed by atoms with E-state index in [1.165, 1.54) is 6.07 Å². The lowest BCUT2D eigenvalue weighted by Gasteiger charge is -2.12. The van der Waals surface area contributed by atoms with Gasteiger partial charge in [0.2, 0.25) is 0 Å². The minimum Gasteiger partial charge on any atom is -0.478 e. The first kappa shape index (κ1) is 14.0. The molecule has 0 aromatic heterocycles. The van der Waals surface area contributed by atoms with Gasteiger partial charge in [-0.2, -0.15) is 0 Å². The maximum absolute atomic E-state index is 11.2. The fraction of sp³-hybridized carbons (Fsp3) is 0. The van der Waals surface area contributed by atoms with Crippen LogP contribution in [-0.2, 0) is 0 Å². The molecule has 19 heavy (non-hydrogen) atoms. The zero-order valence-electron chi connectivity index (χ0n) is 9.65. The van der Waals surface area contributed by atoms with Crippen molar-refractivity contribution in [1.82, 2.24) is 0 Å². The van der Waals surface area contributed by atoms with Gasteiger partial charge in [-0.1, -0.05) is 11.6 Å². The Balaban J connectivity index is 2.42. The number of carbonyl (C=O) groups is 1. The van der Waals surface area contributed by atoms with Crippen LogP contribution < -0.4 is 11.1 Å². The summed E-state index contributed by atoms with van der Waals surface area (Å²) < 4.78 is 0.892. The second kappa shape index (κ2) is 5.66. The molecule has 0 spiro atoms. The maximum atomic E-state index is 11.2. The summed E-state index contributed by atoms with van der Waals surface area (Å²) in [5, 5.41) is 12.8. The largest absolute Gasteiger partial charge is 0.478 e. The van der Waals surface area contributed by atoms with Crippen molar-refractivity contribution in [1.29, 1.82) is 0 Å². The van der Waals surface area contributed by atoms with E-state index in [2.05, 4.69) is 27.9 Å². The fourth-order valence-corrected chi connectivity index (χ4v) is 2.59. The second-order valence-electron chi connectivity index (χ2n) is 3.86. The van der Waals surface area contributed by atoms with E-state index in [1.807, 2.05) is 0 Å². The normalized spacial score (nSPS) is 10.2. The number of nitrogens with one attached hydrogen (secondary N) is 1. The average molecular weight is 389 g/mol. The molecule has 0 bridgehead atoms. The van der Waals surface area contributed by atoms with Crippen LogP contribution in [0.2, 0.25) is 5.02 Å². The third-order valence-electron chi connectivity index (χ3n) is 2.47. The van der Waals surface area contributed by atoms with E-state index in [1.54, 1.807) is 30.3 Å². The van der Waals surface area contributed by atoms with Gasteiger partial charge in [0.25, 0.3) is 0 Å². The van der Waals surface area contributed by atoms with Gasteiger partial charge >= 0.3 is 5.97 Å². The highest BCUT2D eigenvalue weighted by Gasteiger charge is 2.11. The first-order chi connectivity index (χ1) is 8.97. The van der Waals surface area contributed by atoms with Crippen LogP contribution in [0, 0.1) is 3.57 Å². The van der Waals surface area contributed by atoms with Crippen LogP contribution in [0.25, 0.3) is 0 Å². The number of nitrogens with two attached hydrogens (primary N) is 1. The number of aromatic carboxylic acids is 1. The molecule has 2 aromatic rings. The molecule has 0 fully saturated rings. The first-order valence-electron chi connectivity index (χ1n) is 5.32. The summed E-state index contributed by atoms with van der Waals surface area (Å²) in [5.74, 6) is -1.01. The Kier molecular flexibility index (Phi) is 4.16. The summed E-state index contributed by atoms with van der Waals surface area (Å²) >= 11 is 8.01. The summed E-state index contributed by atoms with van der Waals surface area (Å²) in [6.45, 7) is 0. The molecule has 0 aliphatic carbocycles. The van der Waals surface area contributed by atoms with Gasteiger partial charge in [-0.15, -0.1) is 0 Å². The van der Waals surface area contributed by atoms with Crippen molar-refractivity contribution in [3.63, 3.8) is 0 Å². The number of anilines is 3. The van der Waals surface area contributed by atoms with Crippen molar-refractivity contribution in [3.8, 4) is 0 Å². The van der Waals surface area contributed by atoms with Crippen LogP contribution in [0.3, 0.4) is 0 Å². The van der Waals surface area contributed by atoms with E-state index in [9.17, 15) is 4.79 Å². The van der Waals surface area contributed by atoms with E-state index in [-0.39, 0.29) is 5.56 Å². The number of benzene rings is 2. The predicted molar refractivity (Wildman–Crippen MR) is 85.3 cm³/mol. The zero-order chi connectivity index (χ0) is 14.0. The zero-order valence-corrected chi connectivity index (χ0v) is 12.6. The van der Waals surface area contributed by atoms with E-state index in [4.69, 9.17) is 22.4 Å². The summed E-state index contributed by atoms with van der Waals surface area (Å²) in [6.07, 6.45) is 0. The number of carboxylic acid groups (broad SMARTS) is 1. The molecule has 0 saturated heterocycles. The van der Waals surface area contributed by atoms with E-state index < -0.39 is 5.97 Å². The van der Waals surface area contributed by atoms with Crippen LogP contribution >= 0.6 is 34.2 Å². The molecular formula is C13H10ClIN2O2. The van der Waals surface area contributed by atoms with Gasteiger partial charge in [0, 0.05) is 14.3 Å². The maximum Gasteiger partial charge on any atom is 0.337 e. The first-order valence-corrected chi connectivity index (χ1v) is 6.78. The molecule has 0 saturated carbocycles. The van der Waals surface area contributed by atoms with Crippen molar-refractivity contribution in [2.45, 2.75) is 0 Å². The highest BCUT2D eigenvalue weighted by Crippen LogP contribution is 2.28. The summed E-state index contributed by atoms with van der Waals surface area (Å²) in [4.78, 5) is 11.2. The molecule has 0 radical (unpaired) electrons. The van der Waals surface area contributed by atoms with Gasteiger partial charge in [-0.05, 0) is 59.0 Å². The van der Waals surface area contributed by atoms with Crippen LogP contribution in [0.1, 0.15) is 10.4 Å². The monoisotopic (exact) mass is 388 g/mol. The molecule has 98 valence electrons. The Bertz CT molecular complexity index is 647. The number of halogens is 2. The van der Waals surface area contributed by atoms with Crippen LogP contribution in [0.15, 0.2) is 36.4 Å². The minimum atomic E-state index is -1.01. The number of hydrogen-bond donors (Lipinski definition) is 3. The van der Waals surface area contributed by atoms with Crippen LogP contribution in [-0.4, -0.2) is 11.1 Å². The smallest absolute Gasteiger partial charge is 0.337 e. The molecule has 0 atom stereocenters. The predicted octanol–water partition coefficient (Wildman–Crippen LogP) is 3.97. The standard InChI is InChI=1S/C13H10ClIN2O2/c14-7-1-4-11(10(15)5-7)17-12-6-8(16)2-3-9(12)13(18)19/h1-6,17H,16H2,(H,18,19). The minimum absolute atomic E-state index is 0.167. The van der Waals surface area contributed by atoms with Gasteiger partial charge in [0.15, 0.2) is 0 Å². The van der Waals surface area contributed by atoms with Crippen molar-refractivity contribution < 1.29 is 9.90 Å². The molecule has 4 N–H and O–H groups in total. The topological polar surface area (TPSA) is 75.4 Å². The summed E-state index contributed by atoms with van der Waals surface area (Å²) in [5.41, 5.74) is 7.58. The third kappa shape index (κ3) is 3.30. The second-order valence-corrected chi connectivity index (χ2v) is 5.46. The van der Waals surface area contributed by atoms with E-state index in [0.717, 1.165) is 9.26 Å². The Morgan fingerprint density at radius 1 is 1.21 bits per heavy atom. The molecule has 0 heterocycles. The van der Waals surface area contributed by atoms with E-state index in [0.29, 0.717) is 16.4 Å². The Hall–Kier alpha value is -1.47. The van der Waals surface area contributed by atoms with Gasteiger partial charge in [0.1, 0.15) is 0 Å². The fourth-order valence-electron chi connectivity index (χ4n) is 1.59. The lowest BCUT2D eigenvalue weighted by atomic mass is 10.1. The molecule has 6 heteroatoms. The summed E-state index contributed by atoms with van der Waals surface area (Å²) in [7, 11) is 0. The molecule has 0 aliphatic rings. The molecule has 4 nitrogen and oxygen atoms in total. The van der Waals surface area contributed by atoms with Gasteiger partial charge < -0.3 is 16.2 Å². The third-order valence-corrected chi connectivity index (χ3v) is 3.60. The van der Waals surface area contributed by atoms with E-state index >= 15 is 0 Å². The quantitative estimate of drug-likeness (QED) is 0.549. The van der Waals surface area contributed by atoms with Crippen molar-refractivity contribution in [3.05, 3.63) is 50.6 Å². The Labute approximate surface area is 128 Å². The number of carboxylic acids is 1. The van der Waals surface area contributed by atoms with Crippen molar-refractivity contribution >= 4 is 57.2 Å². The van der Waals surface area contributed by atoms with Gasteiger partial charge in [-0.25, -0.2) is 4.79 Å². The van der Waals surface area contributed by atoms with Crippen molar-refractivity contribution in [2.75, 3.05) is 11.1 Å².